The Kier molecular flexibility index (Phi) is 7.88. The molecule has 1 aliphatic carbocycles. The lowest BCUT2D eigenvalue weighted by Crippen LogP contribution is -2.39. The van der Waals surface area contributed by atoms with Crippen LogP contribution in [0.4, 0.5) is 5.00 Å². The number of carbonyl (C=O) groups excluding carboxylic acids is 2. The number of thiophene rings is 1. The summed E-state index contributed by atoms with van der Waals surface area (Å²) < 4.78 is 11.8. The first-order chi connectivity index (χ1) is 16.0. The van der Waals surface area contributed by atoms with E-state index in [9.17, 15) is 9.59 Å². The number of primary amides is 1. The van der Waals surface area contributed by atoms with E-state index in [2.05, 4.69) is 10.2 Å². The fourth-order valence-electron chi connectivity index (χ4n) is 4.62. The molecule has 2 heterocycles. The Morgan fingerprint density at radius 3 is 2.61 bits per heavy atom. The summed E-state index contributed by atoms with van der Waals surface area (Å²) in [6.45, 7) is 5.02. The zero-order chi connectivity index (χ0) is 23.2. The lowest BCUT2D eigenvalue weighted by atomic mass is 9.95. The van der Waals surface area contributed by atoms with Crippen LogP contribution in [-0.4, -0.2) is 49.1 Å². The Labute approximate surface area is 199 Å². The second kappa shape index (κ2) is 11.0. The van der Waals surface area contributed by atoms with Crippen LogP contribution in [0.5, 0.6) is 11.5 Å². The minimum atomic E-state index is -0.447. The molecule has 7 nitrogen and oxygen atoms in total. The number of ether oxygens (including phenoxy) is 2. The van der Waals surface area contributed by atoms with E-state index in [1.807, 2.05) is 31.2 Å². The molecule has 0 spiro atoms. The number of anilines is 1. The zero-order valence-electron chi connectivity index (χ0n) is 19.2. The van der Waals surface area contributed by atoms with Crippen LogP contribution < -0.4 is 20.5 Å². The Morgan fingerprint density at radius 2 is 1.88 bits per heavy atom. The van der Waals surface area contributed by atoms with Crippen molar-refractivity contribution in [2.75, 3.05) is 31.6 Å². The van der Waals surface area contributed by atoms with Crippen LogP contribution in [0, 0.1) is 0 Å². The predicted octanol–water partition coefficient (Wildman–Crippen LogP) is 4.00. The molecule has 3 N–H and O–H groups in total. The van der Waals surface area contributed by atoms with E-state index in [0.29, 0.717) is 30.1 Å². The van der Waals surface area contributed by atoms with Gasteiger partial charge in [-0.15, -0.1) is 11.3 Å². The number of piperidine rings is 1. The second-order valence-corrected chi connectivity index (χ2v) is 9.72. The van der Waals surface area contributed by atoms with Gasteiger partial charge in [0.15, 0.2) is 11.5 Å². The number of para-hydroxylation sites is 2. The molecule has 0 atom stereocenters. The average Bonchev–Trinajstić information content (AvgIpc) is 3.18. The molecule has 2 amide bonds. The van der Waals surface area contributed by atoms with Gasteiger partial charge in [-0.05, 0) is 63.1 Å². The highest BCUT2D eigenvalue weighted by Crippen LogP contribution is 2.38. The van der Waals surface area contributed by atoms with Crippen molar-refractivity contribution in [3.63, 3.8) is 0 Å². The number of aryl methyl sites for hydroxylation is 1. The van der Waals surface area contributed by atoms with E-state index in [4.69, 9.17) is 15.2 Å². The number of hydrogen-bond acceptors (Lipinski definition) is 6. The van der Waals surface area contributed by atoms with Gasteiger partial charge in [0.2, 0.25) is 5.91 Å². The average molecular weight is 472 g/mol. The molecule has 1 aromatic carbocycles. The third kappa shape index (κ3) is 5.86. The lowest BCUT2D eigenvalue weighted by Gasteiger charge is -2.32. The van der Waals surface area contributed by atoms with Gasteiger partial charge < -0.3 is 25.4 Å². The smallest absolute Gasteiger partial charge is 0.251 e. The van der Waals surface area contributed by atoms with Crippen LogP contribution in [0.25, 0.3) is 0 Å². The fourth-order valence-corrected chi connectivity index (χ4v) is 5.93. The molecule has 0 unspecified atom stereocenters. The first kappa shape index (κ1) is 23.6. The lowest BCUT2D eigenvalue weighted by molar-refractivity contribution is -0.116. The van der Waals surface area contributed by atoms with Gasteiger partial charge in [-0.25, -0.2) is 0 Å². The summed E-state index contributed by atoms with van der Waals surface area (Å²) >= 11 is 1.51. The number of nitrogens with one attached hydrogen (secondary N) is 1. The normalized spacial score (nSPS) is 16.8. The molecule has 4 rings (SSSR count). The van der Waals surface area contributed by atoms with Gasteiger partial charge in [-0.2, -0.15) is 0 Å². The minimum absolute atomic E-state index is 0.0693. The highest BCUT2D eigenvalue weighted by atomic mass is 32.1. The van der Waals surface area contributed by atoms with E-state index in [0.717, 1.165) is 68.7 Å². The molecule has 0 bridgehead atoms. The summed E-state index contributed by atoms with van der Waals surface area (Å²) in [5.74, 6) is 1.06. The number of carbonyl (C=O) groups is 2. The number of likely N-dealkylation sites (tertiary alicyclic amines) is 1. The largest absolute Gasteiger partial charge is 0.490 e. The standard InChI is InChI=1S/C25H33N3O4S/c1-2-31-19-8-4-5-9-20(19)32-17-11-14-28(15-12-17)16-13-22(29)27-25-23(24(26)30)18-7-3-6-10-21(18)33-25/h4-5,8-9,17H,2-3,6-7,10-16H2,1H3,(H2,26,30)(H,27,29). The predicted molar refractivity (Wildman–Crippen MR) is 130 cm³/mol. The molecule has 8 heteroatoms. The number of nitrogens with two attached hydrogens (primary N) is 1. The van der Waals surface area contributed by atoms with Crippen LogP contribution in [0.15, 0.2) is 24.3 Å². The van der Waals surface area contributed by atoms with Crippen molar-refractivity contribution in [1.82, 2.24) is 4.90 Å². The third-order valence-corrected chi connectivity index (χ3v) is 7.51. The Morgan fingerprint density at radius 1 is 1.15 bits per heavy atom. The van der Waals surface area contributed by atoms with E-state index < -0.39 is 5.91 Å². The number of hydrogen-bond donors (Lipinski definition) is 2. The summed E-state index contributed by atoms with van der Waals surface area (Å²) in [6.07, 6.45) is 6.36. The van der Waals surface area contributed by atoms with Crippen molar-refractivity contribution in [3.8, 4) is 11.5 Å². The fraction of sp³-hybridized carbons (Fsp3) is 0.520. The van der Waals surface area contributed by atoms with Crippen molar-refractivity contribution >= 4 is 28.2 Å². The van der Waals surface area contributed by atoms with Crippen LogP contribution in [0.2, 0.25) is 0 Å². The number of fused-ring (bicyclic) bond motifs is 1. The molecule has 2 aliphatic rings. The van der Waals surface area contributed by atoms with E-state index in [-0.39, 0.29) is 12.0 Å². The monoisotopic (exact) mass is 471 g/mol. The Hall–Kier alpha value is -2.58. The molecule has 33 heavy (non-hydrogen) atoms. The Bertz CT molecular complexity index is 982. The number of rotatable bonds is 9. The second-order valence-electron chi connectivity index (χ2n) is 8.62. The van der Waals surface area contributed by atoms with Crippen molar-refractivity contribution in [2.24, 2.45) is 5.73 Å². The highest BCUT2D eigenvalue weighted by molar-refractivity contribution is 7.17. The molecule has 1 fully saturated rings. The van der Waals surface area contributed by atoms with Crippen LogP contribution >= 0.6 is 11.3 Å². The van der Waals surface area contributed by atoms with Crippen molar-refractivity contribution in [2.45, 2.75) is 58.0 Å². The van der Waals surface area contributed by atoms with E-state index in [1.54, 1.807) is 0 Å². The summed E-state index contributed by atoms with van der Waals surface area (Å²) in [4.78, 5) is 28.1. The molecule has 2 aromatic rings. The molecule has 0 saturated carbocycles. The maximum atomic E-state index is 12.6. The van der Waals surface area contributed by atoms with Crippen molar-refractivity contribution in [3.05, 3.63) is 40.3 Å². The minimum Gasteiger partial charge on any atom is -0.490 e. The van der Waals surface area contributed by atoms with E-state index in [1.165, 1.54) is 16.2 Å². The van der Waals surface area contributed by atoms with E-state index >= 15 is 0 Å². The van der Waals surface area contributed by atoms with Crippen molar-refractivity contribution in [1.29, 1.82) is 0 Å². The highest BCUT2D eigenvalue weighted by Gasteiger charge is 2.26. The number of benzene rings is 1. The molecule has 0 radical (unpaired) electrons. The van der Waals surface area contributed by atoms with Gasteiger partial charge in [0.25, 0.3) is 5.91 Å². The molecular weight excluding hydrogens is 438 g/mol. The molecule has 1 aromatic heterocycles. The van der Waals surface area contributed by atoms with Crippen LogP contribution in [0.1, 0.15) is 59.8 Å². The summed E-state index contributed by atoms with van der Waals surface area (Å²) in [5.41, 5.74) is 7.20. The third-order valence-electron chi connectivity index (χ3n) is 6.30. The first-order valence-corrected chi connectivity index (χ1v) is 12.7. The maximum absolute atomic E-state index is 12.6. The number of amides is 2. The first-order valence-electron chi connectivity index (χ1n) is 11.9. The summed E-state index contributed by atoms with van der Waals surface area (Å²) in [7, 11) is 0. The van der Waals surface area contributed by atoms with Gasteiger partial charge in [-0.3, -0.25) is 9.59 Å². The topological polar surface area (TPSA) is 93.9 Å². The summed E-state index contributed by atoms with van der Waals surface area (Å²) in [5, 5.41) is 3.59. The van der Waals surface area contributed by atoms with Gasteiger partial charge in [0.05, 0.1) is 12.2 Å². The van der Waals surface area contributed by atoms with Gasteiger partial charge >= 0.3 is 0 Å². The molecule has 178 valence electrons. The van der Waals surface area contributed by atoms with Crippen LogP contribution in [0.3, 0.4) is 0 Å². The van der Waals surface area contributed by atoms with Gasteiger partial charge in [0, 0.05) is 30.9 Å². The van der Waals surface area contributed by atoms with Crippen LogP contribution in [-0.2, 0) is 17.6 Å². The number of nitrogens with zero attached hydrogens (tertiary/aromatic N) is 1. The summed E-state index contributed by atoms with van der Waals surface area (Å²) in [6, 6.07) is 7.78. The zero-order valence-corrected chi connectivity index (χ0v) is 20.0. The molecular formula is C25H33N3O4S. The Balaban J connectivity index is 1.25. The molecule has 1 aliphatic heterocycles. The van der Waals surface area contributed by atoms with Gasteiger partial charge in [0.1, 0.15) is 11.1 Å². The van der Waals surface area contributed by atoms with Gasteiger partial charge in [-0.1, -0.05) is 12.1 Å². The SMILES string of the molecule is CCOc1ccccc1OC1CCN(CCC(=O)Nc2sc3c(c2C(N)=O)CCCC3)CC1. The van der Waals surface area contributed by atoms with Crippen molar-refractivity contribution < 1.29 is 19.1 Å². The quantitative estimate of drug-likeness (QED) is 0.577. The molecule has 1 saturated heterocycles. The maximum Gasteiger partial charge on any atom is 0.251 e.